The van der Waals surface area contributed by atoms with Crippen LogP contribution in [0.3, 0.4) is 0 Å². The standard InChI is InChI=1S/C17H21N3O4S2/c21-16(18-11-14-5-4-10-25-14)13-19-12-15(6-7-17(19)22)26(23,24)20-8-2-1-3-9-20/h4-7,10,12H,1-3,8-9,11,13H2,(H,18,21). The van der Waals surface area contributed by atoms with Crippen molar-refractivity contribution in [2.24, 2.45) is 0 Å². The number of thiophene rings is 1. The second kappa shape index (κ2) is 8.15. The summed E-state index contributed by atoms with van der Waals surface area (Å²) in [4.78, 5) is 25.2. The number of amides is 1. The average Bonchev–Trinajstić information content (AvgIpc) is 3.16. The number of carbonyl (C=O) groups excluding carboxylic acids is 1. The number of sulfonamides is 1. The maximum absolute atomic E-state index is 12.7. The number of aromatic nitrogens is 1. The van der Waals surface area contributed by atoms with Gasteiger partial charge in [-0.2, -0.15) is 4.31 Å². The fraction of sp³-hybridized carbons (Fsp3) is 0.412. The van der Waals surface area contributed by atoms with E-state index >= 15 is 0 Å². The van der Waals surface area contributed by atoms with Crippen LogP contribution in [0.4, 0.5) is 0 Å². The van der Waals surface area contributed by atoms with Gasteiger partial charge in [-0.05, 0) is 30.4 Å². The molecule has 0 atom stereocenters. The van der Waals surface area contributed by atoms with Crippen LogP contribution in [0, 0.1) is 0 Å². The zero-order valence-corrected chi connectivity index (χ0v) is 15.9. The summed E-state index contributed by atoms with van der Waals surface area (Å²) in [5.74, 6) is -0.340. The van der Waals surface area contributed by atoms with Crippen LogP contribution in [0.2, 0.25) is 0 Å². The van der Waals surface area contributed by atoms with Gasteiger partial charge in [0, 0.05) is 30.2 Å². The molecule has 0 aromatic carbocycles. The number of hydrogen-bond acceptors (Lipinski definition) is 5. The van der Waals surface area contributed by atoms with Gasteiger partial charge in [-0.3, -0.25) is 9.59 Å². The normalized spacial score (nSPS) is 15.7. The van der Waals surface area contributed by atoms with E-state index in [9.17, 15) is 18.0 Å². The molecule has 0 bridgehead atoms. The summed E-state index contributed by atoms with van der Waals surface area (Å²) in [6, 6.07) is 6.31. The van der Waals surface area contributed by atoms with Gasteiger partial charge in [-0.15, -0.1) is 11.3 Å². The molecule has 3 heterocycles. The Balaban J connectivity index is 1.72. The van der Waals surface area contributed by atoms with Gasteiger partial charge in [-0.25, -0.2) is 8.42 Å². The molecule has 1 N–H and O–H groups in total. The van der Waals surface area contributed by atoms with Crippen molar-refractivity contribution >= 4 is 27.3 Å². The Morgan fingerprint density at radius 1 is 1.15 bits per heavy atom. The lowest BCUT2D eigenvalue weighted by molar-refractivity contribution is -0.121. The largest absolute Gasteiger partial charge is 0.350 e. The number of hydrogen-bond donors (Lipinski definition) is 1. The molecule has 7 nitrogen and oxygen atoms in total. The van der Waals surface area contributed by atoms with Crippen LogP contribution in [-0.2, 0) is 27.9 Å². The van der Waals surface area contributed by atoms with E-state index in [2.05, 4.69) is 5.32 Å². The number of nitrogens with one attached hydrogen (secondary N) is 1. The number of nitrogens with zero attached hydrogens (tertiary/aromatic N) is 2. The van der Waals surface area contributed by atoms with Crippen molar-refractivity contribution in [3.63, 3.8) is 0 Å². The lowest BCUT2D eigenvalue weighted by Gasteiger charge is -2.26. The highest BCUT2D eigenvalue weighted by Crippen LogP contribution is 2.19. The molecule has 1 amide bonds. The Labute approximate surface area is 156 Å². The first-order valence-corrected chi connectivity index (χ1v) is 10.8. The maximum Gasteiger partial charge on any atom is 0.251 e. The molecule has 1 aliphatic rings. The van der Waals surface area contributed by atoms with Gasteiger partial charge < -0.3 is 9.88 Å². The summed E-state index contributed by atoms with van der Waals surface area (Å²) in [6.07, 6.45) is 3.96. The van der Waals surface area contributed by atoms with Crippen LogP contribution in [0.1, 0.15) is 24.1 Å². The van der Waals surface area contributed by atoms with E-state index in [0.717, 1.165) is 28.7 Å². The molecule has 2 aromatic heterocycles. The monoisotopic (exact) mass is 395 g/mol. The lowest BCUT2D eigenvalue weighted by atomic mass is 10.2. The fourth-order valence-corrected chi connectivity index (χ4v) is 5.03. The SMILES string of the molecule is O=C(Cn1cc(S(=O)(=O)N2CCCCC2)ccc1=O)NCc1cccs1. The van der Waals surface area contributed by atoms with Crippen LogP contribution in [-0.4, -0.2) is 36.3 Å². The summed E-state index contributed by atoms with van der Waals surface area (Å²) in [7, 11) is -3.64. The minimum atomic E-state index is -3.64. The summed E-state index contributed by atoms with van der Waals surface area (Å²) < 4.78 is 28.0. The van der Waals surface area contributed by atoms with Crippen molar-refractivity contribution in [2.45, 2.75) is 37.2 Å². The molecule has 0 radical (unpaired) electrons. The highest BCUT2D eigenvalue weighted by atomic mass is 32.2. The Hall–Kier alpha value is -1.97. The summed E-state index contributed by atoms with van der Waals surface area (Å²) in [5, 5.41) is 4.65. The van der Waals surface area contributed by atoms with E-state index in [-0.39, 0.29) is 17.3 Å². The molecule has 0 aliphatic carbocycles. The molecule has 1 fully saturated rings. The molecule has 1 aliphatic heterocycles. The van der Waals surface area contributed by atoms with E-state index in [1.54, 1.807) is 0 Å². The molecule has 9 heteroatoms. The quantitative estimate of drug-likeness (QED) is 0.801. The molecule has 0 saturated carbocycles. The number of carbonyl (C=O) groups is 1. The van der Waals surface area contributed by atoms with Crippen LogP contribution in [0.5, 0.6) is 0 Å². The van der Waals surface area contributed by atoms with Crippen LogP contribution in [0.25, 0.3) is 0 Å². The number of pyridine rings is 1. The highest BCUT2D eigenvalue weighted by Gasteiger charge is 2.26. The molecule has 0 unspecified atom stereocenters. The number of rotatable bonds is 6. The molecular formula is C17H21N3O4S2. The van der Waals surface area contributed by atoms with Crippen LogP contribution < -0.4 is 10.9 Å². The molecule has 3 rings (SSSR count). The molecule has 26 heavy (non-hydrogen) atoms. The fourth-order valence-electron chi connectivity index (χ4n) is 2.85. The van der Waals surface area contributed by atoms with Crippen LogP contribution >= 0.6 is 11.3 Å². The molecule has 0 spiro atoms. The molecular weight excluding hydrogens is 374 g/mol. The topological polar surface area (TPSA) is 88.5 Å². The zero-order valence-electron chi connectivity index (χ0n) is 14.3. The van der Waals surface area contributed by atoms with Gasteiger partial charge in [0.05, 0.1) is 11.4 Å². The van der Waals surface area contributed by atoms with Gasteiger partial charge >= 0.3 is 0 Å². The number of piperidine rings is 1. The first-order valence-electron chi connectivity index (χ1n) is 8.46. The van der Waals surface area contributed by atoms with E-state index in [1.165, 1.54) is 34.0 Å². The first kappa shape index (κ1) is 18.8. The minimum absolute atomic E-state index is 0.0463. The lowest BCUT2D eigenvalue weighted by Crippen LogP contribution is -2.37. The highest BCUT2D eigenvalue weighted by molar-refractivity contribution is 7.89. The van der Waals surface area contributed by atoms with Crippen molar-refractivity contribution in [3.05, 3.63) is 51.1 Å². The molecule has 140 valence electrons. The summed E-state index contributed by atoms with van der Waals surface area (Å²) in [5.41, 5.74) is -0.408. The van der Waals surface area contributed by atoms with E-state index < -0.39 is 15.6 Å². The predicted molar refractivity (Wildman–Crippen MR) is 99.5 cm³/mol. The predicted octanol–water partition coefficient (Wildman–Crippen LogP) is 1.40. The van der Waals surface area contributed by atoms with Crippen molar-refractivity contribution in [1.82, 2.24) is 14.2 Å². The van der Waals surface area contributed by atoms with Gasteiger partial charge in [0.25, 0.3) is 5.56 Å². The Morgan fingerprint density at radius 3 is 2.62 bits per heavy atom. The molecule has 1 saturated heterocycles. The minimum Gasteiger partial charge on any atom is -0.350 e. The average molecular weight is 396 g/mol. The molecule has 2 aromatic rings. The van der Waals surface area contributed by atoms with Crippen molar-refractivity contribution in [2.75, 3.05) is 13.1 Å². The van der Waals surface area contributed by atoms with Crippen LogP contribution in [0.15, 0.2) is 45.5 Å². The summed E-state index contributed by atoms with van der Waals surface area (Å²) in [6.45, 7) is 1.15. The zero-order chi connectivity index (χ0) is 18.6. The van der Waals surface area contributed by atoms with Crippen molar-refractivity contribution < 1.29 is 13.2 Å². The second-order valence-electron chi connectivity index (χ2n) is 6.15. The third kappa shape index (κ3) is 4.40. The Morgan fingerprint density at radius 2 is 1.92 bits per heavy atom. The van der Waals surface area contributed by atoms with E-state index in [0.29, 0.717) is 19.6 Å². The van der Waals surface area contributed by atoms with Gasteiger partial charge in [-0.1, -0.05) is 12.5 Å². The third-order valence-electron chi connectivity index (χ3n) is 4.26. The third-order valence-corrected chi connectivity index (χ3v) is 7.02. The van der Waals surface area contributed by atoms with E-state index in [1.807, 2.05) is 17.5 Å². The van der Waals surface area contributed by atoms with Crippen molar-refractivity contribution in [1.29, 1.82) is 0 Å². The van der Waals surface area contributed by atoms with Gasteiger partial charge in [0.1, 0.15) is 6.54 Å². The first-order chi connectivity index (χ1) is 12.5. The Kier molecular flexibility index (Phi) is 5.90. The maximum atomic E-state index is 12.7. The second-order valence-corrected chi connectivity index (χ2v) is 9.12. The smallest absolute Gasteiger partial charge is 0.251 e. The van der Waals surface area contributed by atoms with E-state index in [4.69, 9.17) is 0 Å². The Bertz CT molecular complexity index is 914. The van der Waals surface area contributed by atoms with Crippen molar-refractivity contribution in [3.8, 4) is 0 Å². The van der Waals surface area contributed by atoms with Gasteiger partial charge in [0.2, 0.25) is 15.9 Å². The van der Waals surface area contributed by atoms with Gasteiger partial charge in [0.15, 0.2) is 0 Å². The summed E-state index contributed by atoms with van der Waals surface area (Å²) >= 11 is 1.53.